The van der Waals surface area contributed by atoms with E-state index in [1.54, 1.807) is 12.4 Å². The van der Waals surface area contributed by atoms with Gasteiger partial charge in [-0.15, -0.1) is 6.58 Å². The van der Waals surface area contributed by atoms with Gasteiger partial charge in [0, 0.05) is 18.4 Å². The van der Waals surface area contributed by atoms with Crippen LogP contribution in [0, 0.1) is 0 Å². The molecule has 0 radical (unpaired) electrons. The minimum Gasteiger partial charge on any atom is -0.324 e. The minimum absolute atomic E-state index is 0.0606. The van der Waals surface area contributed by atoms with Crippen molar-refractivity contribution in [2.45, 2.75) is 19.4 Å². The standard InChI is InChI=1S/C10H14N2/c1-8(2)7-10(11)9-3-5-12-6-4-9/h3-6,10H,1,7,11H2,2H3. The number of hydrogen-bond donors (Lipinski definition) is 1. The van der Waals surface area contributed by atoms with Crippen LogP contribution in [0.1, 0.15) is 24.9 Å². The van der Waals surface area contributed by atoms with E-state index in [0.29, 0.717) is 0 Å². The van der Waals surface area contributed by atoms with E-state index in [2.05, 4.69) is 11.6 Å². The first-order valence-corrected chi connectivity index (χ1v) is 4.00. The van der Waals surface area contributed by atoms with Crippen LogP contribution in [0.2, 0.25) is 0 Å². The first-order valence-electron chi connectivity index (χ1n) is 4.00. The van der Waals surface area contributed by atoms with Crippen LogP contribution < -0.4 is 5.73 Å². The maximum Gasteiger partial charge on any atom is 0.0333 e. The predicted octanol–water partition coefficient (Wildman–Crippen LogP) is 2.05. The Morgan fingerprint density at radius 2 is 2.17 bits per heavy atom. The third-order valence-corrected chi connectivity index (χ3v) is 1.70. The van der Waals surface area contributed by atoms with E-state index < -0.39 is 0 Å². The van der Waals surface area contributed by atoms with Crippen LogP contribution in [-0.2, 0) is 0 Å². The molecule has 1 unspecified atom stereocenters. The lowest BCUT2D eigenvalue weighted by atomic mass is 10.0. The lowest BCUT2D eigenvalue weighted by Crippen LogP contribution is -2.10. The van der Waals surface area contributed by atoms with Gasteiger partial charge >= 0.3 is 0 Å². The van der Waals surface area contributed by atoms with Crippen LogP contribution in [-0.4, -0.2) is 4.98 Å². The summed E-state index contributed by atoms with van der Waals surface area (Å²) in [7, 11) is 0. The van der Waals surface area contributed by atoms with Gasteiger partial charge in [0.15, 0.2) is 0 Å². The molecular weight excluding hydrogens is 148 g/mol. The van der Waals surface area contributed by atoms with Crippen molar-refractivity contribution in [2.75, 3.05) is 0 Å². The van der Waals surface area contributed by atoms with Crippen LogP contribution in [0.15, 0.2) is 36.7 Å². The van der Waals surface area contributed by atoms with Gasteiger partial charge in [-0.25, -0.2) is 0 Å². The number of nitrogens with two attached hydrogens (primary N) is 1. The molecule has 0 saturated carbocycles. The first kappa shape index (κ1) is 8.94. The van der Waals surface area contributed by atoms with Crippen LogP contribution in [0.5, 0.6) is 0 Å². The fourth-order valence-corrected chi connectivity index (χ4v) is 1.10. The Kier molecular flexibility index (Phi) is 3.00. The van der Waals surface area contributed by atoms with E-state index >= 15 is 0 Å². The minimum atomic E-state index is 0.0606. The highest BCUT2D eigenvalue weighted by Crippen LogP contribution is 2.15. The van der Waals surface area contributed by atoms with E-state index in [1.807, 2.05) is 19.1 Å². The third-order valence-electron chi connectivity index (χ3n) is 1.70. The molecule has 0 aliphatic rings. The average molecular weight is 162 g/mol. The van der Waals surface area contributed by atoms with Crippen LogP contribution in [0.25, 0.3) is 0 Å². The third kappa shape index (κ3) is 2.47. The van der Waals surface area contributed by atoms with Crippen LogP contribution in [0.4, 0.5) is 0 Å². The number of aromatic nitrogens is 1. The van der Waals surface area contributed by atoms with Crippen molar-refractivity contribution in [3.05, 3.63) is 42.2 Å². The molecular formula is C10H14N2. The zero-order chi connectivity index (χ0) is 8.97. The normalized spacial score (nSPS) is 12.5. The molecule has 0 aromatic carbocycles. The second-order valence-electron chi connectivity index (χ2n) is 3.05. The number of hydrogen-bond acceptors (Lipinski definition) is 2. The topological polar surface area (TPSA) is 38.9 Å². The molecule has 0 amide bonds. The quantitative estimate of drug-likeness (QED) is 0.691. The molecule has 64 valence electrons. The van der Waals surface area contributed by atoms with Gasteiger partial charge in [-0.3, -0.25) is 4.98 Å². The summed E-state index contributed by atoms with van der Waals surface area (Å²) in [5.41, 5.74) is 8.14. The molecule has 2 N–H and O–H groups in total. The molecule has 0 bridgehead atoms. The van der Waals surface area contributed by atoms with Gasteiger partial charge in [-0.1, -0.05) is 5.57 Å². The van der Waals surface area contributed by atoms with Gasteiger partial charge in [-0.2, -0.15) is 0 Å². The Bertz CT molecular complexity index is 254. The molecule has 1 aromatic heterocycles. The monoisotopic (exact) mass is 162 g/mol. The molecule has 1 atom stereocenters. The van der Waals surface area contributed by atoms with E-state index in [-0.39, 0.29) is 6.04 Å². The molecule has 0 saturated heterocycles. The molecule has 2 nitrogen and oxygen atoms in total. The zero-order valence-electron chi connectivity index (χ0n) is 7.33. The highest BCUT2D eigenvalue weighted by atomic mass is 14.6. The summed E-state index contributed by atoms with van der Waals surface area (Å²) in [6, 6.07) is 3.94. The largest absolute Gasteiger partial charge is 0.324 e. The van der Waals surface area contributed by atoms with Crippen molar-refractivity contribution in [2.24, 2.45) is 5.73 Å². The lowest BCUT2D eigenvalue weighted by Gasteiger charge is -2.10. The second kappa shape index (κ2) is 4.02. The molecule has 1 aromatic rings. The summed E-state index contributed by atoms with van der Waals surface area (Å²) >= 11 is 0. The van der Waals surface area contributed by atoms with Crippen LogP contribution in [0.3, 0.4) is 0 Å². The van der Waals surface area contributed by atoms with Crippen molar-refractivity contribution >= 4 is 0 Å². The number of pyridine rings is 1. The molecule has 0 aliphatic carbocycles. The van der Waals surface area contributed by atoms with Gasteiger partial charge < -0.3 is 5.73 Å². The predicted molar refractivity (Wildman–Crippen MR) is 50.6 cm³/mol. The van der Waals surface area contributed by atoms with Crippen molar-refractivity contribution in [3.8, 4) is 0 Å². The Morgan fingerprint density at radius 1 is 1.58 bits per heavy atom. The van der Waals surface area contributed by atoms with Gasteiger partial charge in [0.25, 0.3) is 0 Å². The van der Waals surface area contributed by atoms with Crippen molar-refractivity contribution in [1.29, 1.82) is 0 Å². The maximum atomic E-state index is 5.91. The summed E-state index contributed by atoms with van der Waals surface area (Å²) in [4.78, 5) is 3.93. The van der Waals surface area contributed by atoms with Gasteiger partial charge in [-0.05, 0) is 31.0 Å². The van der Waals surface area contributed by atoms with E-state index in [9.17, 15) is 0 Å². The molecule has 12 heavy (non-hydrogen) atoms. The first-order chi connectivity index (χ1) is 5.70. The Labute approximate surface area is 73.1 Å². The Balaban J connectivity index is 2.65. The van der Waals surface area contributed by atoms with Crippen molar-refractivity contribution in [3.63, 3.8) is 0 Å². The molecule has 0 aliphatic heterocycles. The highest BCUT2D eigenvalue weighted by molar-refractivity contribution is 5.16. The smallest absolute Gasteiger partial charge is 0.0333 e. The molecule has 0 fully saturated rings. The summed E-state index contributed by atoms with van der Waals surface area (Å²) in [6.45, 7) is 5.81. The lowest BCUT2D eigenvalue weighted by molar-refractivity contribution is 0.716. The summed E-state index contributed by atoms with van der Waals surface area (Å²) in [6.07, 6.45) is 4.35. The van der Waals surface area contributed by atoms with E-state index in [1.165, 1.54) is 0 Å². The molecule has 1 heterocycles. The van der Waals surface area contributed by atoms with Crippen molar-refractivity contribution in [1.82, 2.24) is 4.98 Å². The maximum absolute atomic E-state index is 5.91. The van der Waals surface area contributed by atoms with Crippen molar-refractivity contribution < 1.29 is 0 Å². The summed E-state index contributed by atoms with van der Waals surface area (Å²) in [5.74, 6) is 0. The van der Waals surface area contributed by atoms with Gasteiger partial charge in [0.2, 0.25) is 0 Å². The highest BCUT2D eigenvalue weighted by Gasteiger charge is 2.04. The Hall–Kier alpha value is -1.15. The second-order valence-corrected chi connectivity index (χ2v) is 3.05. The fraction of sp³-hybridized carbons (Fsp3) is 0.300. The summed E-state index contributed by atoms with van der Waals surface area (Å²) < 4.78 is 0. The molecule has 2 heteroatoms. The van der Waals surface area contributed by atoms with Gasteiger partial charge in [0.1, 0.15) is 0 Å². The molecule has 0 spiro atoms. The van der Waals surface area contributed by atoms with E-state index in [0.717, 1.165) is 17.6 Å². The molecule has 1 rings (SSSR count). The number of rotatable bonds is 3. The van der Waals surface area contributed by atoms with E-state index in [4.69, 9.17) is 5.73 Å². The summed E-state index contributed by atoms with van der Waals surface area (Å²) in [5, 5.41) is 0. The van der Waals surface area contributed by atoms with Gasteiger partial charge in [0.05, 0.1) is 0 Å². The zero-order valence-corrected chi connectivity index (χ0v) is 7.33. The number of nitrogens with zero attached hydrogens (tertiary/aromatic N) is 1. The van der Waals surface area contributed by atoms with Crippen LogP contribution >= 0.6 is 0 Å². The SMILES string of the molecule is C=C(C)CC(N)c1ccncc1. The Morgan fingerprint density at radius 3 is 2.67 bits per heavy atom. The average Bonchev–Trinajstić information content (AvgIpc) is 2.05. The fourth-order valence-electron chi connectivity index (χ4n) is 1.10.